The van der Waals surface area contributed by atoms with E-state index in [1.165, 1.54) is 0 Å². The molecule has 0 aliphatic heterocycles. The summed E-state index contributed by atoms with van der Waals surface area (Å²) < 4.78 is 1.73. The van der Waals surface area contributed by atoms with Crippen LogP contribution in [0.25, 0.3) is 0 Å². The minimum atomic E-state index is 0.653. The SMILES string of the molecule is CN=C(NN)c1cn(C)nc1C. The number of rotatable bonds is 1. The first-order chi connectivity index (χ1) is 5.69. The molecule has 0 atom stereocenters. The number of hydrogen-bond donors (Lipinski definition) is 2. The largest absolute Gasteiger partial charge is 0.308 e. The van der Waals surface area contributed by atoms with Gasteiger partial charge in [-0.05, 0) is 6.92 Å². The molecule has 0 radical (unpaired) electrons. The number of aromatic nitrogens is 2. The number of nitrogens with one attached hydrogen (secondary N) is 1. The van der Waals surface area contributed by atoms with Gasteiger partial charge in [0.2, 0.25) is 0 Å². The summed E-state index contributed by atoms with van der Waals surface area (Å²) in [5, 5.41) is 4.17. The summed E-state index contributed by atoms with van der Waals surface area (Å²) in [6, 6.07) is 0. The van der Waals surface area contributed by atoms with Gasteiger partial charge in [0.15, 0.2) is 0 Å². The van der Waals surface area contributed by atoms with Gasteiger partial charge in [-0.25, -0.2) is 5.84 Å². The smallest absolute Gasteiger partial charge is 0.145 e. The van der Waals surface area contributed by atoms with Crippen molar-refractivity contribution in [1.29, 1.82) is 0 Å². The van der Waals surface area contributed by atoms with Crippen LogP contribution in [0.15, 0.2) is 11.2 Å². The van der Waals surface area contributed by atoms with E-state index >= 15 is 0 Å². The number of hydrazine groups is 1. The normalized spacial score (nSPS) is 11.8. The van der Waals surface area contributed by atoms with Crippen molar-refractivity contribution in [2.45, 2.75) is 6.92 Å². The lowest BCUT2D eigenvalue weighted by Gasteiger charge is -2.00. The topological polar surface area (TPSA) is 68.2 Å². The maximum Gasteiger partial charge on any atom is 0.145 e. The molecular formula is C7H13N5. The predicted molar refractivity (Wildman–Crippen MR) is 47.7 cm³/mol. The Morgan fingerprint density at radius 2 is 2.42 bits per heavy atom. The Morgan fingerprint density at radius 1 is 1.75 bits per heavy atom. The number of aryl methyl sites for hydroxylation is 2. The van der Waals surface area contributed by atoms with E-state index in [0.29, 0.717) is 5.84 Å². The molecule has 0 amide bonds. The van der Waals surface area contributed by atoms with E-state index < -0.39 is 0 Å². The van der Waals surface area contributed by atoms with Crippen molar-refractivity contribution in [3.8, 4) is 0 Å². The number of aliphatic imine (C=N–C) groups is 1. The zero-order valence-corrected chi connectivity index (χ0v) is 7.50. The molecule has 0 saturated heterocycles. The van der Waals surface area contributed by atoms with E-state index in [1.54, 1.807) is 11.7 Å². The van der Waals surface area contributed by atoms with Gasteiger partial charge in [0.05, 0.1) is 11.3 Å². The third-order valence-electron chi connectivity index (χ3n) is 1.63. The van der Waals surface area contributed by atoms with Gasteiger partial charge in [-0.15, -0.1) is 0 Å². The van der Waals surface area contributed by atoms with Crippen LogP contribution in [0, 0.1) is 6.92 Å². The Labute approximate surface area is 71.3 Å². The molecule has 0 unspecified atom stereocenters. The van der Waals surface area contributed by atoms with Crippen molar-refractivity contribution in [3.63, 3.8) is 0 Å². The van der Waals surface area contributed by atoms with Crippen molar-refractivity contribution >= 4 is 5.84 Å². The molecule has 12 heavy (non-hydrogen) atoms. The molecule has 0 bridgehead atoms. The second-order valence-corrected chi connectivity index (χ2v) is 2.52. The second-order valence-electron chi connectivity index (χ2n) is 2.52. The fourth-order valence-corrected chi connectivity index (χ4v) is 1.09. The predicted octanol–water partition coefficient (Wildman–Crippen LogP) is -0.432. The molecule has 1 aromatic rings. The first-order valence-corrected chi connectivity index (χ1v) is 3.63. The molecule has 3 N–H and O–H groups in total. The summed E-state index contributed by atoms with van der Waals surface area (Å²) in [5.74, 6) is 5.93. The molecule has 5 heteroatoms. The monoisotopic (exact) mass is 167 g/mol. The van der Waals surface area contributed by atoms with Gasteiger partial charge in [0.1, 0.15) is 5.84 Å². The van der Waals surface area contributed by atoms with Crippen molar-refractivity contribution in [1.82, 2.24) is 15.2 Å². The lowest BCUT2D eigenvalue weighted by Crippen LogP contribution is -2.31. The highest BCUT2D eigenvalue weighted by atomic mass is 15.3. The summed E-state index contributed by atoms with van der Waals surface area (Å²) in [6.45, 7) is 1.91. The van der Waals surface area contributed by atoms with Gasteiger partial charge in [0.25, 0.3) is 0 Å². The number of amidine groups is 1. The molecule has 1 aromatic heterocycles. The maximum absolute atomic E-state index is 5.28. The summed E-state index contributed by atoms with van der Waals surface area (Å²) in [5.41, 5.74) is 4.36. The number of nitrogens with two attached hydrogens (primary N) is 1. The Balaban J connectivity index is 3.09. The lowest BCUT2D eigenvalue weighted by molar-refractivity contribution is 0.756. The van der Waals surface area contributed by atoms with Crippen LogP contribution in [-0.4, -0.2) is 22.7 Å². The molecule has 5 nitrogen and oxygen atoms in total. The quantitative estimate of drug-likeness (QED) is 0.258. The van der Waals surface area contributed by atoms with E-state index in [2.05, 4.69) is 15.5 Å². The molecule has 0 aliphatic rings. The average molecular weight is 167 g/mol. The number of nitrogens with zero attached hydrogens (tertiary/aromatic N) is 3. The van der Waals surface area contributed by atoms with Crippen molar-refractivity contribution in [3.05, 3.63) is 17.5 Å². The van der Waals surface area contributed by atoms with Crippen molar-refractivity contribution in [2.24, 2.45) is 17.9 Å². The summed E-state index contributed by atoms with van der Waals surface area (Å²) in [6.07, 6.45) is 1.87. The van der Waals surface area contributed by atoms with Gasteiger partial charge in [0, 0.05) is 20.3 Å². The average Bonchev–Trinajstić information content (AvgIpc) is 2.34. The van der Waals surface area contributed by atoms with Crippen LogP contribution in [0.4, 0.5) is 0 Å². The Hall–Kier alpha value is -1.36. The third kappa shape index (κ3) is 1.45. The molecule has 0 saturated carbocycles. The highest BCUT2D eigenvalue weighted by molar-refractivity contribution is 5.99. The maximum atomic E-state index is 5.28. The van der Waals surface area contributed by atoms with Crippen LogP contribution in [0.1, 0.15) is 11.3 Å². The number of hydrogen-bond acceptors (Lipinski definition) is 3. The fraction of sp³-hybridized carbons (Fsp3) is 0.429. The van der Waals surface area contributed by atoms with Crippen LogP contribution in [0.5, 0.6) is 0 Å². The molecular weight excluding hydrogens is 154 g/mol. The molecule has 0 fully saturated rings. The molecule has 0 aromatic carbocycles. The summed E-state index contributed by atoms with van der Waals surface area (Å²) in [4.78, 5) is 3.98. The van der Waals surface area contributed by atoms with Crippen LogP contribution in [-0.2, 0) is 7.05 Å². The molecule has 0 aliphatic carbocycles. The standard InChI is InChI=1S/C7H13N5/c1-5-6(4-12(3)11-5)7(9-2)10-8/h4H,8H2,1-3H3,(H,9,10). The van der Waals surface area contributed by atoms with Gasteiger partial charge < -0.3 is 5.43 Å². The highest BCUT2D eigenvalue weighted by Gasteiger charge is 2.07. The lowest BCUT2D eigenvalue weighted by atomic mass is 10.2. The van der Waals surface area contributed by atoms with E-state index in [4.69, 9.17) is 5.84 Å². The van der Waals surface area contributed by atoms with Crippen LogP contribution < -0.4 is 11.3 Å². The first kappa shape index (κ1) is 8.73. The summed E-state index contributed by atoms with van der Waals surface area (Å²) >= 11 is 0. The van der Waals surface area contributed by atoms with Crippen LogP contribution >= 0.6 is 0 Å². The van der Waals surface area contributed by atoms with E-state index in [0.717, 1.165) is 11.3 Å². The van der Waals surface area contributed by atoms with Gasteiger partial charge in [-0.1, -0.05) is 0 Å². The van der Waals surface area contributed by atoms with Gasteiger partial charge in [-0.3, -0.25) is 9.67 Å². The molecule has 1 rings (SSSR count). The van der Waals surface area contributed by atoms with Crippen LogP contribution in [0.2, 0.25) is 0 Å². The van der Waals surface area contributed by atoms with E-state index in [9.17, 15) is 0 Å². The molecule has 66 valence electrons. The Kier molecular flexibility index (Phi) is 2.44. The highest BCUT2D eigenvalue weighted by Crippen LogP contribution is 2.03. The van der Waals surface area contributed by atoms with Crippen molar-refractivity contribution < 1.29 is 0 Å². The zero-order chi connectivity index (χ0) is 9.14. The zero-order valence-electron chi connectivity index (χ0n) is 7.50. The van der Waals surface area contributed by atoms with Gasteiger partial charge >= 0.3 is 0 Å². The van der Waals surface area contributed by atoms with Gasteiger partial charge in [-0.2, -0.15) is 5.10 Å². The molecule has 0 spiro atoms. The van der Waals surface area contributed by atoms with E-state index in [1.807, 2.05) is 20.2 Å². The minimum Gasteiger partial charge on any atom is -0.308 e. The third-order valence-corrected chi connectivity index (χ3v) is 1.63. The Bertz CT molecular complexity index is 299. The van der Waals surface area contributed by atoms with Crippen LogP contribution in [0.3, 0.4) is 0 Å². The Morgan fingerprint density at radius 3 is 2.75 bits per heavy atom. The molecule has 1 heterocycles. The fourth-order valence-electron chi connectivity index (χ4n) is 1.09. The summed E-state index contributed by atoms with van der Waals surface area (Å²) in [7, 11) is 3.54. The minimum absolute atomic E-state index is 0.653. The first-order valence-electron chi connectivity index (χ1n) is 3.63. The second kappa shape index (κ2) is 3.36. The van der Waals surface area contributed by atoms with Crippen molar-refractivity contribution in [2.75, 3.05) is 7.05 Å². The van der Waals surface area contributed by atoms with E-state index in [-0.39, 0.29) is 0 Å².